The summed E-state index contributed by atoms with van der Waals surface area (Å²) in [5, 5.41) is 10.3. The third-order valence-corrected chi connectivity index (χ3v) is 2.36. The molecule has 0 saturated carbocycles. The van der Waals surface area contributed by atoms with Crippen molar-refractivity contribution in [3.63, 3.8) is 0 Å². The fourth-order valence-corrected chi connectivity index (χ4v) is 1.22. The van der Waals surface area contributed by atoms with Crippen LogP contribution in [0.5, 0.6) is 0 Å². The Morgan fingerprint density at radius 3 is 2.70 bits per heavy atom. The zero-order chi connectivity index (χ0) is 7.78. The van der Waals surface area contributed by atoms with Crippen molar-refractivity contribution in [3.8, 4) is 0 Å². The maximum atomic E-state index is 9.62. The molecule has 0 aromatic heterocycles. The second-order valence-electron chi connectivity index (χ2n) is 2.85. The lowest BCUT2D eigenvalue weighted by Crippen LogP contribution is -2.26. The van der Waals surface area contributed by atoms with E-state index in [4.69, 9.17) is 11.6 Å². The SMILES string of the molecule is CC1=C(Cl)C=CCC1(C)O. The minimum atomic E-state index is -0.730. The quantitative estimate of drug-likeness (QED) is 0.573. The average Bonchev–Trinajstić information content (AvgIpc) is 1.83. The first-order valence-corrected chi connectivity index (χ1v) is 3.67. The van der Waals surface area contributed by atoms with Gasteiger partial charge in [-0.25, -0.2) is 0 Å². The smallest absolute Gasteiger partial charge is 0.0877 e. The van der Waals surface area contributed by atoms with Crippen LogP contribution in [-0.2, 0) is 0 Å². The first kappa shape index (κ1) is 7.83. The molecular formula is C8H11ClO. The number of rotatable bonds is 0. The molecule has 1 aliphatic carbocycles. The lowest BCUT2D eigenvalue weighted by Gasteiger charge is -2.26. The third-order valence-electron chi connectivity index (χ3n) is 1.95. The summed E-state index contributed by atoms with van der Waals surface area (Å²) in [6.07, 6.45) is 4.37. The molecule has 1 rings (SSSR count). The van der Waals surface area contributed by atoms with Gasteiger partial charge in [0.15, 0.2) is 0 Å². The molecule has 0 heterocycles. The van der Waals surface area contributed by atoms with Crippen LogP contribution in [0.25, 0.3) is 0 Å². The highest BCUT2D eigenvalue weighted by molar-refractivity contribution is 6.31. The van der Waals surface area contributed by atoms with Crippen LogP contribution in [0.1, 0.15) is 20.3 Å². The van der Waals surface area contributed by atoms with Crippen LogP contribution in [0.3, 0.4) is 0 Å². The maximum Gasteiger partial charge on any atom is 0.0877 e. The Balaban J connectivity index is 2.99. The predicted molar refractivity (Wildman–Crippen MR) is 42.9 cm³/mol. The minimum absolute atomic E-state index is 0.662. The van der Waals surface area contributed by atoms with Gasteiger partial charge in [-0.15, -0.1) is 0 Å². The highest BCUT2D eigenvalue weighted by Crippen LogP contribution is 2.30. The van der Waals surface area contributed by atoms with Gasteiger partial charge in [-0.3, -0.25) is 0 Å². The molecule has 56 valence electrons. The van der Waals surface area contributed by atoms with E-state index in [1.807, 2.05) is 19.1 Å². The van der Waals surface area contributed by atoms with Crippen LogP contribution in [0.2, 0.25) is 0 Å². The number of halogens is 1. The van der Waals surface area contributed by atoms with Crippen LogP contribution in [-0.4, -0.2) is 10.7 Å². The van der Waals surface area contributed by atoms with Crippen LogP contribution in [0.4, 0.5) is 0 Å². The van der Waals surface area contributed by atoms with Crippen molar-refractivity contribution in [3.05, 3.63) is 22.8 Å². The number of allylic oxidation sites excluding steroid dienone is 2. The van der Waals surface area contributed by atoms with Gasteiger partial charge >= 0.3 is 0 Å². The molecule has 0 radical (unpaired) electrons. The molecule has 0 aromatic carbocycles. The highest BCUT2D eigenvalue weighted by Gasteiger charge is 2.25. The summed E-state index contributed by atoms with van der Waals surface area (Å²) >= 11 is 5.78. The summed E-state index contributed by atoms with van der Waals surface area (Å²) in [5.41, 5.74) is 0.128. The lowest BCUT2D eigenvalue weighted by molar-refractivity contribution is 0.100. The molecule has 0 spiro atoms. The summed E-state index contributed by atoms with van der Waals surface area (Å²) in [5.74, 6) is 0. The molecule has 1 aliphatic rings. The molecule has 1 atom stereocenters. The summed E-state index contributed by atoms with van der Waals surface area (Å²) in [7, 11) is 0. The van der Waals surface area contributed by atoms with Crippen molar-refractivity contribution in [1.29, 1.82) is 0 Å². The predicted octanol–water partition coefficient (Wildman–Crippen LogP) is 2.21. The standard InChI is InChI=1S/C8H11ClO/c1-6-7(9)4-3-5-8(6,2)10/h3-4,10H,5H2,1-2H3. The fourth-order valence-electron chi connectivity index (χ4n) is 0.927. The molecule has 1 nitrogen and oxygen atoms in total. The van der Waals surface area contributed by atoms with E-state index < -0.39 is 5.60 Å². The second kappa shape index (κ2) is 2.40. The van der Waals surface area contributed by atoms with Crippen molar-refractivity contribution in [1.82, 2.24) is 0 Å². The molecule has 0 bridgehead atoms. The average molecular weight is 159 g/mol. The Bertz CT molecular complexity index is 201. The minimum Gasteiger partial charge on any atom is -0.385 e. The molecule has 0 amide bonds. The largest absolute Gasteiger partial charge is 0.385 e. The normalized spacial score (nSPS) is 33.2. The topological polar surface area (TPSA) is 20.2 Å². The van der Waals surface area contributed by atoms with E-state index in [0.717, 1.165) is 5.57 Å². The lowest BCUT2D eigenvalue weighted by atomic mass is 9.90. The van der Waals surface area contributed by atoms with Gasteiger partial charge in [0.05, 0.1) is 5.60 Å². The van der Waals surface area contributed by atoms with Gasteiger partial charge in [-0.2, -0.15) is 0 Å². The maximum absolute atomic E-state index is 9.62. The monoisotopic (exact) mass is 158 g/mol. The van der Waals surface area contributed by atoms with Crippen molar-refractivity contribution < 1.29 is 5.11 Å². The molecule has 2 heteroatoms. The molecule has 0 saturated heterocycles. The number of aliphatic hydroxyl groups is 1. The van der Waals surface area contributed by atoms with Crippen molar-refractivity contribution in [2.45, 2.75) is 25.9 Å². The fraction of sp³-hybridized carbons (Fsp3) is 0.500. The van der Waals surface area contributed by atoms with Crippen molar-refractivity contribution >= 4 is 11.6 Å². The number of hydrogen-bond acceptors (Lipinski definition) is 1. The molecule has 1 unspecified atom stereocenters. The molecule has 10 heavy (non-hydrogen) atoms. The zero-order valence-electron chi connectivity index (χ0n) is 6.19. The number of hydrogen-bond donors (Lipinski definition) is 1. The van der Waals surface area contributed by atoms with E-state index >= 15 is 0 Å². The van der Waals surface area contributed by atoms with E-state index in [1.165, 1.54) is 0 Å². The van der Waals surface area contributed by atoms with Gasteiger partial charge in [0.25, 0.3) is 0 Å². The third kappa shape index (κ3) is 1.25. The Hall–Kier alpha value is -0.270. The van der Waals surface area contributed by atoms with Crippen LogP contribution in [0.15, 0.2) is 22.8 Å². The zero-order valence-corrected chi connectivity index (χ0v) is 6.94. The van der Waals surface area contributed by atoms with E-state index in [9.17, 15) is 5.11 Å². The summed E-state index contributed by atoms with van der Waals surface area (Å²) in [6.45, 7) is 3.63. The summed E-state index contributed by atoms with van der Waals surface area (Å²) in [6, 6.07) is 0. The van der Waals surface area contributed by atoms with Crippen LogP contribution in [0, 0.1) is 0 Å². The summed E-state index contributed by atoms with van der Waals surface area (Å²) in [4.78, 5) is 0. The Morgan fingerprint density at radius 2 is 2.30 bits per heavy atom. The highest BCUT2D eigenvalue weighted by atomic mass is 35.5. The summed E-state index contributed by atoms with van der Waals surface area (Å²) < 4.78 is 0. The second-order valence-corrected chi connectivity index (χ2v) is 3.26. The first-order valence-electron chi connectivity index (χ1n) is 3.30. The molecule has 0 aromatic rings. The molecule has 0 fully saturated rings. The Labute approximate surface area is 66.0 Å². The Kier molecular flexibility index (Phi) is 1.88. The van der Waals surface area contributed by atoms with Crippen LogP contribution < -0.4 is 0 Å². The molecular weight excluding hydrogens is 148 g/mol. The van der Waals surface area contributed by atoms with E-state index in [0.29, 0.717) is 11.5 Å². The van der Waals surface area contributed by atoms with E-state index in [1.54, 1.807) is 6.92 Å². The van der Waals surface area contributed by atoms with Gasteiger partial charge < -0.3 is 5.11 Å². The molecule has 1 N–H and O–H groups in total. The Morgan fingerprint density at radius 1 is 1.70 bits per heavy atom. The van der Waals surface area contributed by atoms with Crippen molar-refractivity contribution in [2.24, 2.45) is 0 Å². The molecule has 0 aliphatic heterocycles. The van der Waals surface area contributed by atoms with Gasteiger partial charge in [0.1, 0.15) is 0 Å². The first-order chi connectivity index (χ1) is 4.54. The van der Waals surface area contributed by atoms with Gasteiger partial charge in [-0.05, 0) is 31.9 Å². The van der Waals surface area contributed by atoms with E-state index in [2.05, 4.69) is 0 Å². The van der Waals surface area contributed by atoms with Gasteiger partial charge in [-0.1, -0.05) is 17.7 Å². The van der Waals surface area contributed by atoms with Gasteiger partial charge in [0, 0.05) is 5.03 Å². The van der Waals surface area contributed by atoms with Gasteiger partial charge in [0.2, 0.25) is 0 Å². The van der Waals surface area contributed by atoms with Crippen LogP contribution >= 0.6 is 11.6 Å². The van der Waals surface area contributed by atoms with Crippen molar-refractivity contribution in [2.75, 3.05) is 0 Å². The van der Waals surface area contributed by atoms with E-state index in [-0.39, 0.29) is 0 Å².